The molecule has 1 amide bonds. The van der Waals surface area contributed by atoms with E-state index in [1.807, 2.05) is 35.2 Å². The summed E-state index contributed by atoms with van der Waals surface area (Å²) in [6.45, 7) is 0.963. The number of carbonyl (C=O) groups excluding carboxylic acids is 1. The lowest BCUT2D eigenvalue weighted by atomic mass is 9.96. The van der Waals surface area contributed by atoms with Crippen LogP contribution in [0.5, 0.6) is 0 Å². The number of aromatic nitrogens is 6. The van der Waals surface area contributed by atoms with Crippen molar-refractivity contribution >= 4 is 33.8 Å². The molecule has 0 atom stereocenters. The van der Waals surface area contributed by atoms with Gasteiger partial charge in [0.05, 0.1) is 0 Å². The lowest BCUT2D eigenvalue weighted by molar-refractivity contribution is -0.146. The summed E-state index contributed by atoms with van der Waals surface area (Å²) in [6, 6.07) is 12.9. The van der Waals surface area contributed by atoms with Crippen molar-refractivity contribution in [3.8, 4) is 0 Å². The van der Waals surface area contributed by atoms with E-state index in [9.17, 15) is 18.0 Å². The first kappa shape index (κ1) is 22.2. The molecule has 1 fully saturated rings. The molecule has 1 aliphatic heterocycles. The van der Waals surface area contributed by atoms with Crippen LogP contribution in [0.4, 0.5) is 24.1 Å². The van der Waals surface area contributed by atoms with E-state index in [0.29, 0.717) is 47.8 Å². The lowest BCUT2D eigenvalue weighted by Gasteiger charge is -2.31. The Balaban J connectivity index is 1.19. The fraction of sp³-hybridized carbons (Fsp3) is 0.333. The maximum Gasteiger partial charge on any atom is 0.453 e. The molecule has 4 heterocycles. The number of piperidine rings is 1. The molecule has 0 bridgehead atoms. The van der Waals surface area contributed by atoms with Gasteiger partial charge in [-0.2, -0.15) is 17.7 Å². The number of fused-ring (bicyclic) bond motifs is 1. The Labute approximate surface area is 195 Å². The minimum absolute atomic E-state index is 0.0222. The topological polar surface area (TPSA) is 101 Å². The minimum atomic E-state index is -4.65. The second-order valence-corrected chi connectivity index (χ2v) is 8.96. The minimum Gasteiger partial charge on any atom is -0.355 e. The Hall–Kier alpha value is -3.61. The summed E-state index contributed by atoms with van der Waals surface area (Å²) in [6.07, 6.45) is -2.93. The molecule has 176 valence electrons. The molecule has 9 nitrogen and oxygen atoms in total. The molecule has 0 saturated carbocycles. The Morgan fingerprint density at radius 1 is 1.03 bits per heavy atom. The third kappa shape index (κ3) is 4.69. The third-order valence-corrected chi connectivity index (χ3v) is 6.43. The van der Waals surface area contributed by atoms with Gasteiger partial charge in [0.2, 0.25) is 11.0 Å². The smallest absolute Gasteiger partial charge is 0.355 e. The van der Waals surface area contributed by atoms with E-state index in [0.717, 1.165) is 10.6 Å². The molecular weight excluding hydrogens is 469 g/mol. The molecule has 1 saturated heterocycles. The molecule has 3 aromatic heterocycles. The van der Waals surface area contributed by atoms with Crippen LogP contribution < -0.4 is 10.2 Å². The van der Waals surface area contributed by atoms with Crippen molar-refractivity contribution in [2.45, 2.75) is 25.4 Å². The number of amides is 1. The van der Waals surface area contributed by atoms with Crippen molar-refractivity contribution in [2.75, 3.05) is 23.3 Å². The monoisotopic (exact) mass is 488 g/mol. The maximum atomic E-state index is 13.1. The Kier molecular flexibility index (Phi) is 5.86. The Morgan fingerprint density at radius 3 is 2.53 bits per heavy atom. The Morgan fingerprint density at radius 2 is 1.79 bits per heavy atom. The van der Waals surface area contributed by atoms with Gasteiger partial charge in [-0.15, -0.1) is 25.5 Å². The molecule has 1 N–H and O–H groups in total. The zero-order valence-corrected chi connectivity index (χ0v) is 18.6. The van der Waals surface area contributed by atoms with Gasteiger partial charge >= 0.3 is 6.18 Å². The summed E-state index contributed by atoms with van der Waals surface area (Å²) in [4.78, 5) is 14.6. The quantitative estimate of drug-likeness (QED) is 0.459. The van der Waals surface area contributed by atoms with Crippen molar-refractivity contribution in [1.82, 2.24) is 30.0 Å². The second-order valence-electron chi connectivity index (χ2n) is 7.90. The number of benzene rings is 1. The van der Waals surface area contributed by atoms with Gasteiger partial charge < -0.3 is 10.2 Å². The third-order valence-electron chi connectivity index (χ3n) is 5.59. The molecule has 0 aliphatic carbocycles. The number of carbonyl (C=O) groups is 1. The highest BCUT2D eigenvalue weighted by Crippen LogP contribution is 2.29. The summed E-state index contributed by atoms with van der Waals surface area (Å²) in [5.74, 6) is -1.15. The standard InChI is InChI=1S/C21H19F3N8OS/c22-21(23,24)19-28-26-15-6-7-16(30-32(15)19)31-10-8-14(9-11-31)18(33)25-20-29-27-17(34-20)12-13-4-2-1-3-5-13/h1-7,14H,8-12H2,(H,25,29,33). The second kappa shape index (κ2) is 8.97. The number of nitrogens with zero attached hydrogens (tertiary/aromatic N) is 7. The highest BCUT2D eigenvalue weighted by Gasteiger charge is 2.38. The van der Waals surface area contributed by atoms with Crippen LogP contribution in [0.2, 0.25) is 0 Å². The van der Waals surface area contributed by atoms with Gasteiger partial charge in [0, 0.05) is 25.4 Å². The van der Waals surface area contributed by atoms with Gasteiger partial charge in [-0.3, -0.25) is 4.79 Å². The van der Waals surface area contributed by atoms with Crippen LogP contribution in [0.3, 0.4) is 0 Å². The van der Waals surface area contributed by atoms with Gasteiger partial charge in [0.15, 0.2) is 5.65 Å². The number of alkyl halides is 3. The Bertz CT molecular complexity index is 1300. The summed E-state index contributed by atoms with van der Waals surface area (Å²) < 4.78 is 40.1. The number of anilines is 2. The number of nitrogens with one attached hydrogen (secondary N) is 1. The molecule has 5 rings (SSSR count). The predicted octanol–water partition coefficient (Wildman–Crippen LogP) is 3.44. The maximum absolute atomic E-state index is 13.1. The van der Waals surface area contributed by atoms with Crippen molar-refractivity contribution < 1.29 is 18.0 Å². The lowest BCUT2D eigenvalue weighted by Crippen LogP contribution is -2.38. The van der Waals surface area contributed by atoms with E-state index in [4.69, 9.17) is 0 Å². The zero-order valence-electron chi connectivity index (χ0n) is 17.7. The first-order valence-electron chi connectivity index (χ1n) is 10.6. The van der Waals surface area contributed by atoms with Crippen LogP contribution in [0.25, 0.3) is 5.65 Å². The van der Waals surface area contributed by atoms with Gasteiger partial charge in [-0.1, -0.05) is 41.7 Å². The van der Waals surface area contributed by atoms with Crippen molar-refractivity contribution in [3.05, 3.63) is 58.9 Å². The van der Waals surface area contributed by atoms with Crippen LogP contribution in [-0.4, -0.2) is 49.0 Å². The molecule has 1 aliphatic rings. The van der Waals surface area contributed by atoms with Gasteiger partial charge in [0.1, 0.15) is 10.8 Å². The molecule has 4 aromatic rings. The van der Waals surface area contributed by atoms with E-state index in [1.165, 1.54) is 17.4 Å². The summed E-state index contributed by atoms with van der Waals surface area (Å²) in [5.41, 5.74) is 1.14. The molecule has 0 spiro atoms. The van der Waals surface area contributed by atoms with E-state index >= 15 is 0 Å². The van der Waals surface area contributed by atoms with Crippen molar-refractivity contribution in [3.63, 3.8) is 0 Å². The van der Waals surface area contributed by atoms with Gasteiger partial charge in [0.25, 0.3) is 5.82 Å². The van der Waals surface area contributed by atoms with E-state index in [1.54, 1.807) is 6.07 Å². The number of rotatable bonds is 5. The molecule has 34 heavy (non-hydrogen) atoms. The highest BCUT2D eigenvalue weighted by molar-refractivity contribution is 7.15. The van der Waals surface area contributed by atoms with Crippen molar-refractivity contribution in [1.29, 1.82) is 0 Å². The van der Waals surface area contributed by atoms with Crippen LogP contribution in [-0.2, 0) is 17.4 Å². The van der Waals surface area contributed by atoms with E-state index in [-0.39, 0.29) is 17.5 Å². The SMILES string of the molecule is O=C(Nc1nnc(Cc2ccccc2)s1)C1CCN(c2ccc3nnc(C(F)(F)F)n3n2)CC1. The summed E-state index contributed by atoms with van der Waals surface area (Å²) in [7, 11) is 0. The van der Waals surface area contributed by atoms with E-state index < -0.39 is 12.0 Å². The first-order valence-corrected chi connectivity index (χ1v) is 11.4. The predicted molar refractivity (Wildman–Crippen MR) is 119 cm³/mol. The van der Waals surface area contributed by atoms with Crippen molar-refractivity contribution in [2.24, 2.45) is 5.92 Å². The molecule has 0 unspecified atom stereocenters. The van der Waals surface area contributed by atoms with Crippen LogP contribution in [0, 0.1) is 5.92 Å². The van der Waals surface area contributed by atoms with E-state index in [2.05, 4.69) is 30.8 Å². The van der Waals surface area contributed by atoms with Crippen LogP contribution in [0.15, 0.2) is 42.5 Å². The van der Waals surface area contributed by atoms with Gasteiger partial charge in [-0.25, -0.2) is 0 Å². The largest absolute Gasteiger partial charge is 0.453 e. The number of hydrogen-bond donors (Lipinski definition) is 1. The normalized spacial score (nSPS) is 15.1. The van der Waals surface area contributed by atoms with Crippen LogP contribution in [0.1, 0.15) is 29.2 Å². The average molecular weight is 488 g/mol. The fourth-order valence-corrected chi connectivity index (χ4v) is 4.63. The highest BCUT2D eigenvalue weighted by atomic mass is 32.1. The summed E-state index contributed by atoms with van der Waals surface area (Å²) in [5, 5.41) is 23.1. The van der Waals surface area contributed by atoms with Crippen LogP contribution >= 0.6 is 11.3 Å². The summed E-state index contributed by atoms with van der Waals surface area (Å²) >= 11 is 1.34. The average Bonchev–Trinajstić information content (AvgIpc) is 3.46. The number of hydrogen-bond acceptors (Lipinski definition) is 8. The fourth-order valence-electron chi connectivity index (χ4n) is 3.85. The zero-order chi connectivity index (χ0) is 23.7. The molecular formula is C21H19F3N8OS. The molecule has 0 radical (unpaired) electrons. The number of halogens is 3. The first-order chi connectivity index (χ1) is 16.4. The van der Waals surface area contributed by atoms with Gasteiger partial charge in [-0.05, 0) is 30.5 Å². The molecule has 13 heteroatoms. The molecule has 1 aromatic carbocycles.